The molecule has 2 N–H and O–H groups in total. The summed E-state index contributed by atoms with van der Waals surface area (Å²) in [6.07, 6.45) is 0.474. The van der Waals surface area contributed by atoms with Crippen LogP contribution in [0.2, 0.25) is 5.02 Å². The molecule has 1 amide bonds. The van der Waals surface area contributed by atoms with E-state index in [4.69, 9.17) is 11.6 Å². The Bertz CT molecular complexity index is 2660. The summed E-state index contributed by atoms with van der Waals surface area (Å²) in [5.74, 6) is -0.106. The van der Waals surface area contributed by atoms with Crippen LogP contribution in [0.5, 0.6) is 0 Å². The van der Waals surface area contributed by atoms with E-state index in [1.807, 2.05) is 71.5 Å². The number of anilines is 2. The summed E-state index contributed by atoms with van der Waals surface area (Å²) in [6, 6.07) is 33.8. The van der Waals surface area contributed by atoms with Crippen LogP contribution < -0.4 is 14.9 Å². The minimum absolute atomic E-state index is 0.00807. The van der Waals surface area contributed by atoms with Crippen LogP contribution in [0, 0.1) is 5.92 Å². The number of nitrogens with zero attached hydrogens (tertiary/aromatic N) is 4. The molecule has 1 atom stereocenters. The Labute approximate surface area is 401 Å². The Morgan fingerprint density at radius 2 is 1.37 bits per heavy atom. The molecule has 2 aliphatic rings. The Kier molecular flexibility index (Phi) is 16.7. The van der Waals surface area contributed by atoms with Gasteiger partial charge in [0.05, 0.1) is 10.6 Å². The number of rotatable bonds is 18. The average molecular weight is 998 g/mol. The topological polar surface area (TPSA) is 122 Å². The highest BCUT2D eigenvalue weighted by atomic mass is 35.5. The number of alkyl halides is 3. The number of carbonyl (C=O) groups excluding carboxylic acids is 1. The molecule has 2 heterocycles. The van der Waals surface area contributed by atoms with Gasteiger partial charge in [-0.25, -0.2) is 21.6 Å². The van der Waals surface area contributed by atoms with Crippen molar-refractivity contribution in [3.05, 3.63) is 137 Å². The van der Waals surface area contributed by atoms with Gasteiger partial charge in [0, 0.05) is 105 Å². The highest BCUT2D eigenvalue weighted by molar-refractivity contribution is 7.99. The molecule has 0 aromatic heterocycles. The van der Waals surface area contributed by atoms with Gasteiger partial charge in [0.1, 0.15) is 4.90 Å². The number of hydrogen-bond donors (Lipinski definition) is 2. The van der Waals surface area contributed by atoms with Crippen LogP contribution in [0.1, 0.15) is 36.2 Å². The Morgan fingerprint density at radius 3 is 2.03 bits per heavy atom. The molecule has 11 nitrogen and oxygen atoms in total. The molecule has 7 rings (SSSR count). The van der Waals surface area contributed by atoms with Crippen LogP contribution in [0.4, 0.5) is 24.5 Å². The summed E-state index contributed by atoms with van der Waals surface area (Å²) in [4.78, 5) is 21.4. The molecule has 5 aromatic rings. The SMILES string of the molecule is CC(C)CN1CCN(CC[C@H](CSc2ccccc2)Nc2ccc(S(=O)(=O)NC(=O)c3ccc(N4CCN(Cc5ccccc5-c5ccc(Cl)cc5)CC4)cc3)cc2S(=O)(=O)C(F)(F)F)CC1. The Balaban J connectivity index is 1.01. The lowest BCUT2D eigenvalue weighted by atomic mass is 9.99. The maximum absolute atomic E-state index is 14.3. The summed E-state index contributed by atoms with van der Waals surface area (Å²) in [7, 11) is -10.9. The number of halogens is 4. The van der Waals surface area contributed by atoms with Crippen LogP contribution >= 0.6 is 23.4 Å². The molecule has 0 radical (unpaired) electrons. The highest BCUT2D eigenvalue weighted by Crippen LogP contribution is 2.37. The number of sulfone groups is 1. The fourth-order valence-electron chi connectivity index (χ4n) is 8.35. The largest absolute Gasteiger partial charge is 0.501 e. The molecular weight excluding hydrogens is 941 g/mol. The van der Waals surface area contributed by atoms with Gasteiger partial charge in [-0.3, -0.25) is 9.69 Å². The van der Waals surface area contributed by atoms with E-state index in [-0.39, 0.29) is 11.3 Å². The van der Waals surface area contributed by atoms with E-state index in [1.54, 1.807) is 12.1 Å². The third kappa shape index (κ3) is 13.3. The lowest BCUT2D eigenvalue weighted by Crippen LogP contribution is -2.48. The molecule has 0 saturated carbocycles. The standard InChI is InChI=1S/C49H56ClF3N6O5S3/c1-36(2)33-57-26-24-56(25-27-57)23-22-41(35-65-43-9-4-3-5-10-43)54-46-21-20-44(32-47(46)66(61,62)49(51,52)53)67(63,64)55-48(60)38-14-18-42(19-15-38)59-30-28-58(29-31-59)34-39-8-6-7-11-45(39)37-12-16-40(50)17-13-37/h3-21,32,36,41,54H,22-31,33-35H2,1-2H3,(H,55,60)/t41-/m1/s1. The number of carbonyl (C=O) groups is 1. The van der Waals surface area contributed by atoms with Crippen molar-refractivity contribution in [2.75, 3.05) is 81.4 Å². The molecular formula is C49H56ClF3N6O5S3. The van der Waals surface area contributed by atoms with Crippen molar-refractivity contribution >= 4 is 60.5 Å². The van der Waals surface area contributed by atoms with Crippen molar-refractivity contribution in [1.82, 2.24) is 19.4 Å². The molecule has 358 valence electrons. The number of amides is 1. The third-order valence-corrected chi connectivity index (χ3v) is 16.2. The molecule has 0 spiro atoms. The van der Waals surface area contributed by atoms with Gasteiger partial charge in [0.25, 0.3) is 25.8 Å². The summed E-state index contributed by atoms with van der Waals surface area (Å²) >= 11 is 7.59. The summed E-state index contributed by atoms with van der Waals surface area (Å²) in [5.41, 5.74) is -1.88. The number of nitrogens with one attached hydrogen (secondary N) is 2. The number of hydrogen-bond acceptors (Lipinski definition) is 11. The Morgan fingerprint density at radius 1 is 0.746 bits per heavy atom. The molecule has 18 heteroatoms. The van der Waals surface area contributed by atoms with Crippen LogP contribution in [-0.4, -0.2) is 120 Å². The molecule has 0 unspecified atom stereocenters. The summed E-state index contributed by atoms with van der Waals surface area (Å²) in [5, 5.41) is 3.72. The maximum atomic E-state index is 14.3. The second-order valence-corrected chi connectivity index (χ2v) is 22.4. The molecule has 0 aliphatic carbocycles. The average Bonchev–Trinajstić information content (AvgIpc) is 3.31. The fraction of sp³-hybridized carbons (Fsp3) is 0.367. The van der Waals surface area contributed by atoms with E-state index in [0.717, 1.165) is 86.2 Å². The van der Waals surface area contributed by atoms with Gasteiger partial charge in [-0.15, -0.1) is 11.8 Å². The lowest BCUT2D eigenvalue weighted by Gasteiger charge is -2.36. The minimum Gasteiger partial charge on any atom is -0.380 e. The molecule has 0 bridgehead atoms. The van der Waals surface area contributed by atoms with E-state index < -0.39 is 47.1 Å². The van der Waals surface area contributed by atoms with Crippen LogP contribution in [0.15, 0.2) is 136 Å². The number of benzene rings is 5. The Hall–Kier alpha value is -4.62. The first-order chi connectivity index (χ1) is 31.9. The maximum Gasteiger partial charge on any atom is 0.501 e. The van der Waals surface area contributed by atoms with E-state index in [9.17, 15) is 34.8 Å². The van der Waals surface area contributed by atoms with Crippen LogP contribution in [0.25, 0.3) is 11.1 Å². The van der Waals surface area contributed by atoms with Crippen LogP contribution in [0.3, 0.4) is 0 Å². The minimum atomic E-state index is -6.06. The summed E-state index contributed by atoms with van der Waals surface area (Å²) in [6.45, 7) is 13.1. The van der Waals surface area contributed by atoms with Crippen molar-refractivity contribution in [3.8, 4) is 11.1 Å². The summed E-state index contributed by atoms with van der Waals surface area (Å²) < 4.78 is 98.2. The molecule has 67 heavy (non-hydrogen) atoms. The number of piperazine rings is 2. The highest BCUT2D eigenvalue weighted by Gasteiger charge is 2.48. The first-order valence-corrected chi connectivity index (χ1v) is 26.6. The second kappa shape index (κ2) is 22.2. The van der Waals surface area contributed by atoms with Crippen molar-refractivity contribution in [2.45, 2.75) is 53.0 Å². The first-order valence-electron chi connectivity index (χ1n) is 22.3. The van der Waals surface area contributed by atoms with E-state index in [2.05, 4.69) is 50.9 Å². The van der Waals surface area contributed by atoms with E-state index >= 15 is 0 Å². The number of thioether (sulfide) groups is 1. The quantitative estimate of drug-likeness (QED) is 0.0819. The number of sulfonamides is 1. The molecule has 2 fully saturated rings. The van der Waals surface area contributed by atoms with Gasteiger partial charge in [-0.2, -0.15) is 13.2 Å². The van der Waals surface area contributed by atoms with Crippen LogP contribution in [-0.2, 0) is 26.4 Å². The van der Waals surface area contributed by atoms with E-state index in [0.29, 0.717) is 48.8 Å². The predicted octanol–water partition coefficient (Wildman–Crippen LogP) is 8.98. The molecule has 5 aromatic carbocycles. The molecule has 2 aliphatic heterocycles. The zero-order valence-corrected chi connectivity index (χ0v) is 40.7. The fourth-order valence-corrected chi connectivity index (χ4v) is 11.5. The van der Waals surface area contributed by atoms with Gasteiger partial charge in [-0.05, 0) is 95.8 Å². The van der Waals surface area contributed by atoms with Crippen molar-refractivity contribution in [1.29, 1.82) is 0 Å². The lowest BCUT2D eigenvalue weighted by molar-refractivity contribution is -0.0435. The second-order valence-electron chi connectivity index (χ2n) is 17.3. The predicted molar refractivity (Wildman–Crippen MR) is 262 cm³/mol. The zero-order valence-electron chi connectivity index (χ0n) is 37.5. The molecule has 2 saturated heterocycles. The van der Waals surface area contributed by atoms with Gasteiger partial charge in [0.15, 0.2) is 0 Å². The smallest absolute Gasteiger partial charge is 0.380 e. The van der Waals surface area contributed by atoms with Gasteiger partial charge in [0.2, 0.25) is 0 Å². The third-order valence-electron chi connectivity index (χ3n) is 12.0. The van der Waals surface area contributed by atoms with Gasteiger partial charge in [-0.1, -0.05) is 80.0 Å². The van der Waals surface area contributed by atoms with Gasteiger partial charge >= 0.3 is 5.51 Å². The van der Waals surface area contributed by atoms with Crippen molar-refractivity contribution in [2.24, 2.45) is 5.92 Å². The van der Waals surface area contributed by atoms with Crippen molar-refractivity contribution < 1.29 is 34.8 Å². The van der Waals surface area contributed by atoms with Gasteiger partial charge < -0.3 is 20.0 Å². The first kappa shape index (κ1) is 50.3. The normalized spacial score (nSPS) is 16.3. The zero-order chi connectivity index (χ0) is 47.8. The van der Waals surface area contributed by atoms with Crippen molar-refractivity contribution in [3.63, 3.8) is 0 Å². The van der Waals surface area contributed by atoms with E-state index in [1.165, 1.54) is 29.5 Å². The monoisotopic (exact) mass is 996 g/mol.